The van der Waals surface area contributed by atoms with E-state index in [4.69, 9.17) is 0 Å². The summed E-state index contributed by atoms with van der Waals surface area (Å²) in [7, 11) is 0. The Morgan fingerprint density at radius 1 is 0.586 bits per heavy atom. The van der Waals surface area contributed by atoms with Crippen LogP contribution in [0.15, 0.2) is 109 Å². The number of fused-ring (bicyclic) bond motifs is 5. The van der Waals surface area contributed by atoms with Gasteiger partial charge in [-0.05, 0) is 35.2 Å². The maximum atomic E-state index is 4.30. The second kappa shape index (κ2) is 6.32. The third kappa shape index (κ3) is 2.46. The lowest BCUT2D eigenvalue weighted by molar-refractivity contribution is 1.19. The molecule has 0 fully saturated rings. The average Bonchev–Trinajstić information content (AvgIpc) is 3.14. The zero-order valence-corrected chi connectivity index (χ0v) is 15.8. The summed E-state index contributed by atoms with van der Waals surface area (Å²) in [4.78, 5) is 4.30. The summed E-state index contributed by atoms with van der Waals surface area (Å²) < 4.78 is 2.40. The molecule has 0 amide bonds. The zero-order valence-electron chi connectivity index (χ0n) is 15.8. The molecule has 2 nitrogen and oxygen atoms in total. The molecule has 6 rings (SSSR count). The van der Waals surface area contributed by atoms with Crippen molar-refractivity contribution in [1.82, 2.24) is 9.55 Å². The Balaban J connectivity index is 1.80. The number of nitrogens with zero attached hydrogens (tertiary/aromatic N) is 2. The van der Waals surface area contributed by atoms with Crippen molar-refractivity contribution in [2.75, 3.05) is 0 Å². The molecule has 4 aromatic carbocycles. The van der Waals surface area contributed by atoms with Gasteiger partial charge in [-0.1, -0.05) is 72.8 Å². The first-order valence-corrected chi connectivity index (χ1v) is 9.82. The Morgan fingerprint density at radius 2 is 1.41 bits per heavy atom. The van der Waals surface area contributed by atoms with Crippen LogP contribution in [0.2, 0.25) is 0 Å². The molecular weight excluding hydrogens is 352 g/mol. The number of hydrogen-bond donors (Lipinski definition) is 0. The third-order valence-corrected chi connectivity index (χ3v) is 5.66. The first kappa shape index (κ1) is 16.1. The van der Waals surface area contributed by atoms with Gasteiger partial charge in [0, 0.05) is 39.8 Å². The van der Waals surface area contributed by atoms with Crippen molar-refractivity contribution >= 4 is 32.6 Å². The van der Waals surface area contributed by atoms with E-state index in [1.54, 1.807) is 0 Å². The van der Waals surface area contributed by atoms with Gasteiger partial charge in [0.15, 0.2) is 0 Å². The lowest BCUT2D eigenvalue weighted by Crippen LogP contribution is -1.94. The highest BCUT2D eigenvalue weighted by molar-refractivity contribution is 6.19. The van der Waals surface area contributed by atoms with Gasteiger partial charge in [0.05, 0.1) is 11.0 Å². The maximum Gasteiger partial charge on any atom is 0.0619 e. The van der Waals surface area contributed by atoms with Crippen LogP contribution in [-0.4, -0.2) is 9.55 Å². The number of pyridine rings is 1. The lowest BCUT2D eigenvalue weighted by Gasteiger charge is -2.10. The highest BCUT2D eigenvalue weighted by atomic mass is 15.0. The van der Waals surface area contributed by atoms with Crippen LogP contribution in [0, 0.1) is 0 Å². The van der Waals surface area contributed by atoms with Crippen LogP contribution in [0.5, 0.6) is 0 Å². The Kier molecular flexibility index (Phi) is 3.50. The Hall–Kier alpha value is -3.91. The van der Waals surface area contributed by atoms with Gasteiger partial charge in [-0.2, -0.15) is 0 Å². The first-order valence-electron chi connectivity index (χ1n) is 9.82. The predicted molar refractivity (Wildman–Crippen MR) is 122 cm³/mol. The van der Waals surface area contributed by atoms with E-state index in [1.165, 1.54) is 43.8 Å². The Labute approximate surface area is 168 Å². The molecular formula is C27H18N2. The van der Waals surface area contributed by atoms with Gasteiger partial charge in [0.2, 0.25) is 0 Å². The standard InChI is InChI=1S/C27H18N2/c1-2-9-22(10-3-1)29-26-17-20(21-8-6-16-28-18-21)13-14-24(26)25-15-12-19-7-4-5-11-23(19)27(25)29/h1-18H. The van der Waals surface area contributed by atoms with Crippen molar-refractivity contribution in [3.05, 3.63) is 109 Å². The van der Waals surface area contributed by atoms with Crippen molar-refractivity contribution < 1.29 is 0 Å². The van der Waals surface area contributed by atoms with E-state index in [2.05, 4.69) is 101 Å². The Morgan fingerprint density at radius 3 is 2.28 bits per heavy atom. The highest BCUT2D eigenvalue weighted by Crippen LogP contribution is 2.38. The van der Waals surface area contributed by atoms with Crippen molar-refractivity contribution in [3.8, 4) is 16.8 Å². The fourth-order valence-corrected chi connectivity index (χ4v) is 4.34. The topological polar surface area (TPSA) is 17.8 Å². The smallest absolute Gasteiger partial charge is 0.0619 e. The molecule has 2 aromatic heterocycles. The molecule has 0 bridgehead atoms. The van der Waals surface area contributed by atoms with E-state index >= 15 is 0 Å². The van der Waals surface area contributed by atoms with Crippen molar-refractivity contribution in [1.29, 1.82) is 0 Å². The summed E-state index contributed by atoms with van der Waals surface area (Å²) in [6, 6.07) is 34.5. The van der Waals surface area contributed by atoms with Crippen LogP contribution in [0.4, 0.5) is 0 Å². The van der Waals surface area contributed by atoms with Crippen LogP contribution in [0.25, 0.3) is 49.4 Å². The van der Waals surface area contributed by atoms with Crippen molar-refractivity contribution in [3.63, 3.8) is 0 Å². The summed E-state index contributed by atoms with van der Waals surface area (Å²) in [5.41, 5.74) is 5.95. The van der Waals surface area contributed by atoms with Gasteiger partial charge in [-0.3, -0.25) is 4.98 Å². The van der Waals surface area contributed by atoms with Crippen LogP contribution in [0.1, 0.15) is 0 Å². The lowest BCUT2D eigenvalue weighted by atomic mass is 10.0. The van der Waals surface area contributed by atoms with Gasteiger partial charge < -0.3 is 4.57 Å². The second-order valence-corrected chi connectivity index (χ2v) is 7.33. The summed E-state index contributed by atoms with van der Waals surface area (Å²) in [6.45, 7) is 0. The van der Waals surface area contributed by atoms with Gasteiger partial charge in [-0.15, -0.1) is 0 Å². The SMILES string of the molecule is c1ccc(-n2c3cc(-c4cccnc4)ccc3c3ccc4ccccc4c32)cc1. The minimum Gasteiger partial charge on any atom is -0.309 e. The molecule has 0 unspecified atom stereocenters. The van der Waals surface area contributed by atoms with E-state index < -0.39 is 0 Å². The molecule has 29 heavy (non-hydrogen) atoms. The van der Waals surface area contributed by atoms with Gasteiger partial charge in [0.1, 0.15) is 0 Å². The quantitative estimate of drug-likeness (QED) is 0.321. The summed E-state index contributed by atoms with van der Waals surface area (Å²) in [5.74, 6) is 0. The van der Waals surface area contributed by atoms with E-state index in [0.29, 0.717) is 0 Å². The van der Waals surface area contributed by atoms with Gasteiger partial charge in [-0.25, -0.2) is 0 Å². The maximum absolute atomic E-state index is 4.30. The highest BCUT2D eigenvalue weighted by Gasteiger charge is 2.15. The Bertz CT molecular complexity index is 1480. The molecule has 0 atom stereocenters. The molecule has 136 valence electrons. The van der Waals surface area contributed by atoms with E-state index in [-0.39, 0.29) is 0 Å². The number of hydrogen-bond acceptors (Lipinski definition) is 1. The van der Waals surface area contributed by atoms with Crippen molar-refractivity contribution in [2.24, 2.45) is 0 Å². The zero-order chi connectivity index (χ0) is 19.2. The number of aromatic nitrogens is 2. The van der Waals surface area contributed by atoms with Crippen LogP contribution < -0.4 is 0 Å². The minimum atomic E-state index is 1.13. The molecule has 2 heteroatoms. The van der Waals surface area contributed by atoms with E-state index in [1.807, 2.05) is 18.5 Å². The molecule has 0 aliphatic carbocycles. The molecule has 0 spiro atoms. The van der Waals surface area contributed by atoms with Crippen molar-refractivity contribution in [2.45, 2.75) is 0 Å². The molecule has 0 aliphatic heterocycles. The normalized spacial score (nSPS) is 11.4. The third-order valence-electron chi connectivity index (χ3n) is 5.66. The predicted octanol–water partition coefficient (Wildman–Crippen LogP) is 7.00. The van der Waals surface area contributed by atoms with Gasteiger partial charge >= 0.3 is 0 Å². The molecule has 6 aromatic rings. The molecule has 0 N–H and O–H groups in total. The van der Waals surface area contributed by atoms with Crippen LogP contribution in [0.3, 0.4) is 0 Å². The van der Waals surface area contributed by atoms with E-state index in [0.717, 1.165) is 5.56 Å². The number of benzene rings is 4. The second-order valence-electron chi connectivity index (χ2n) is 7.33. The summed E-state index contributed by atoms with van der Waals surface area (Å²) >= 11 is 0. The fraction of sp³-hybridized carbons (Fsp3) is 0. The number of rotatable bonds is 2. The summed E-state index contributed by atoms with van der Waals surface area (Å²) in [6.07, 6.45) is 3.74. The largest absolute Gasteiger partial charge is 0.309 e. The number of para-hydroxylation sites is 1. The van der Waals surface area contributed by atoms with Crippen LogP contribution >= 0.6 is 0 Å². The molecule has 0 saturated carbocycles. The molecule has 0 aliphatic rings. The summed E-state index contributed by atoms with van der Waals surface area (Å²) in [5, 5.41) is 5.07. The minimum absolute atomic E-state index is 1.13. The molecule has 0 radical (unpaired) electrons. The van der Waals surface area contributed by atoms with Crippen LogP contribution in [-0.2, 0) is 0 Å². The average molecular weight is 370 g/mol. The fourth-order valence-electron chi connectivity index (χ4n) is 4.34. The molecule has 2 heterocycles. The first-order chi connectivity index (χ1) is 14.4. The monoisotopic (exact) mass is 370 g/mol. The van der Waals surface area contributed by atoms with E-state index in [9.17, 15) is 0 Å². The van der Waals surface area contributed by atoms with Gasteiger partial charge in [0.25, 0.3) is 0 Å². The molecule has 0 saturated heterocycles.